The molecule has 2 aromatic carbocycles. The van der Waals surface area contributed by atoms with E-state index in [1.54, 1.807) is 17.2 Å². The van der Waals surface area contributed by atoms with Crippen LogP contribution in [0.25, 0.3) is 10.9 Å². The van der Waals surface area contributed by atoms with Crippen LogP contribution in [-0.2, 0) is 4.79 Å². The number of amides is 2. The van der Waals surface area contributed by atoms with E-state index in [1.165, 1.54) is 0 Å². The van der Waals surface area contributed by atoms with E-state index >= 15 is 0 Å². The van der Waals surface area contributed by atoms with Crippen LogP contribution in [0.2, 0.25) is 0 Å². The molecule has 3 aromatic rings. The fourth-order valence-corrected chi connectivity index (χ4v) is 3.16. The van der Waals surface area contributed by atoms with Gasteiger partial charge in [-0.25, -0.2) is 0 Å². The Morgan fingerprint density at radius 2 is 1.96 bits per heavy atom. The molecule has 0 aliphatic carbocycles. The van der Waals surface area contributed by atoms with E-state index in [4.69, 9.17) is 0 Å². The fourth-order valence-electron chi connectivity index (χ4n) is 3.16. The summed E-state index contributed by atoms with van der Waals surface area (Å²) in [5.74, 6) is -0.0629. The third kappa shape index (κ3) is 2.96. The van der Waals surface area contributed by atoms with Crippen molar-refractivity contribution in [3.05, 3.63) is 66.4 Å². The Hall–Kier alpha value is -3.21. The SMILES string of the molecule is O=C(Nc1cccc(N2CCCC2=O)c1)c1ccnc2ccccc12. The van der Waals surface area contributed by atoms with Crippen molar-refractivity contribution >= 4 is 34.1 Å². The van der Waals surface area contributed by atoms with Gasteiger partial charge in [0.2, 0.25) is 5.91 Å². The van der Waals surface area contributed by atoms with Crippen molar-refractivity contribution in [3.8, 4) is 0 Å². The number of nitrogens with one attached hydrogen (secondary N) is 1. The summed E-state index contributed by atoms with van der Waals surface area (Å²) in [5, 5.41) is 3.74. The minimum absolute atomic E-state index is 0.128. The first-order valence-electron chi connectivity index (χ1n) is 8.28. The van der Waals surface area contributed by atoms with Gasteiger partial charge in [-0.2, -0.15) is 0 Å². The number of fused-ring (bicyclic) bond motifs is 1. The molecule has 5 nitrogen and oxygen atoms in total. The second-order valence-electron chi connectivity index (χ2n) is 6.03. The Kier molecular flexibility index (Phi) is 3.90. The van der Waals surface area contributed by atoms with Crippen LogP contribution in [-0.4, -0.2) is 23.3 Å². The number of carbonyl (C=O) groups is 2. The first-order valence-corrected chi connectivity index (χ1v) is 8.28. The Morgan fingerprint density at radius 3 is 2.80 bits per heavy atom. The molecule has 1 saturated heterocycles. The van der Waals surface area contributed by atoms with Crippen LogP contribution < -0.4 is 10.2 Å². The number of nitrogens with zero attached hydrogens (tertiary/aromatic N) is 2. The Balaban J connectivity index is 1.61. The summed E-state index contributed by atoms with van der Waals surface area (Å²) >= 11 is 0. The molecule has 1 N–H and O–H groups in total. The van der Waals surface area contributed by atoms with Gasteiger partial charge in [0.25, 0.3) is 5.91 Å². The van der Waals surface area contributed by atoms with Crippen molar-refractivity contribution in [2.75, 3.05) is 16.8 Å². The van der Waals surface area contributed by atoms with Crippen LogP contribution in [0.5, 0.6) is 0 Å². The first-order chi connectivity index (χ1) is 12.2. The van der Waals surface area contributed by atoms with E-state index in [2.05, 4.69) is 10.3 Å². The molecule has 5 heteroatoms. The quantitative estimate of drug-likeness (QED) is 0.797. The summed E-state index contributed by atoms with van der Waals surface area (Å²) in [6.45, 7) is 0.727. The fraction of sp³-hybridized carbons (Fsp3) is 0.150. The minimum Gasteiger partial charge on any atom is -0.322 e. The Labute approximate surface area is 145 Å². The van der Waals surface area contributed by atoms with E-state index < -0.39 is 0 Å². The average molecular weight is 331 g/mol. The van der Waals surface area contributed by atoms with Gasteiger partial charge in [-0.05, 0) is 36.8 Å². The molecule has 0 bridgehead atoms. The lowest BCUT2D eigenvalue weighted by molar-refractivity contribution is -0.117. The Morgan fingerprint density at radius 1 is 1.08 bits per heavy atom. The molecule has 0 spiro atoms. The van der Waals surface area contributed by atoms with Gasteiger partial charge in [0, 0.05) is 35.9 Å². The molecule has 1 fully saturated rings. The van der Waals surface area contributed by atoms with E-state index in [0.717, 1.165) is 29.6 Å². The van der Waals surface area contributed by atoms with Crippen molar-refractivity contribution < 1.29 is 9.59 Å². The highest BCUT2D eigenvalue weighted by atomic mass is 16.2. The van der Waals surface area contributed by atoms with Crippen LogP contribution in [0.4, 0.5) is 11.4 Å². The highest BCUT2D eigenvalue weighted by molar-refractivity contribution is 6.12. The Bertz CT molecular complexity index is 963. The maximum Gasteiger partial charge on any atom is 0.256 e. The largest absolute Gasteiger partial charge is 0.322 e. The van der Waals surface area contributed by atoms with Crippen molar-refractivity contribution in [2.24, 2.45) is 0 Å². The lowest BCUT2D eigenvalue weighted by Crippen LogP contribution is -2.23. The predicted molar refractivity (Wildman–Crippen MR) is 97.7 cm³/mol. The molecule has 1 aromatic heterocycles. The number of hydrogen-bond acceptors (Lipinski definition) is 3. The zero-order chi connectivity index (χ0) is 17.2. The van der Waals surface area contributed by atoms with Crippen molar-refractivity contribution in [3.63, 3.8) is 0 Å². The van der Waals surface area contributed by atoms with Gasteiger partial charge in [-0.1, -0.05) is 24.3 Å². The van der Waals surface area contributed by atoms with Crippen LogP contribution in [0, 0.1) is 0 Å². The minimum atomic E-state index is -0.191. The van der Waals surface area contributed by atoms with Crippen molar-refractivity contribution in [1.29, 1.82) is 0 Å². The lowest BCUT2D eigenvalue weighted by Gasteiger charge is -2.17. The van der Waals surface area contributed by atoms with E-state index in [9.17, 15) is 9.59 Å². The van der Waals surface area contributed by atoms with Crippen molar-refractivity contribution in [1.82, 2.24) is 4.98 Å². The van der Waals surface area contributed by atoms with Gasteiger partial charge in [-0.3, -0.25) is 14.6 Å². The van der Waals surface area contributed by atoms with Crippen LogP contribution in [0.1, 0.15) is 23.2 Å². The molecule has 2 heterocycles. The van der Waals surface area contributed by atoms with Crippen molar-refractivity contribution in [2.45, 2.75) is 12.8 Å². The van der Waals surface area contributed by atoms with Crippen LogP contribution in [0.15, 0.2) is 60.8 Å². The highest BCUT2D eigenvalue weighted by Gasteiger charge is 2.22. The normalized spacial score (nSPS) is 14.1. The predicted octanol–water partition coefficient (Wildman–Crippen LogP) is 3.61. The monoisotopic (exact) mass is 331 g/mol. The van der Waals surface area contributed by atoms with E-state index in [-0.39, 0.29) is 11.8 Å². The highest BCUT2D eigenvalue weighted by Crippen LogP contribution is 2.25. The smallest absolute Gasteiger partial charge is 0.256 e. The third-order valence-corrected chi connectivity index (χ3v) is 4.38. The zero-order valence-electron chi connectivity index (χ0n) is 13.6. The maximum atomic E-state index is 12.7. The second kappa shape index (κ2) is 6.36. The number of hydrogen-bond donors (Lipinski definition) is 1. The number of rotatable bonds is 3. The standard InChI is InChI=1S/C20H17N3O2/c24-19-9-4-12-23(19)15-6-3-5-14(13-15)22-20(25)17-10-11-21-18-8-2-1-7-16(17)18/h1-3,5-8,10-11,13H,4,9,12H2,(H,22,25). The summed E-state index contributed by atoms with van der Waals surface area (Å²) in [5.41, 5.74) is 2.85. The number of anilines is 2. The van der Waals surface area contributed by atoms with Crippen LogP contribution >= 0.6 is 0 Å². The molecule has 0 atom stereocenters. The van der Waals surface area contributed by atoms with Gasteiger partial charge in [-0.15, -0.1) is 0 Å². The summed E-state index contributed by atoms with van der Waals surface area (Å²) in [7, 11) is 0. The van der Waals surface area contributed by atoms with Gasteiger partial charge in [0.15, 0.2) is 0 Å². The molecule has 25 heavy (non-hydrogen) atoms. The molecule has 4 rings (SSSR count). The van der Waals surface area contributed by atoms with Crippen LogP contribution in [0.3, 0.4) is 0 Å². The average Bonchev–Trinajstić information content (AvgIpc) is 3.07. The van der Waals surface area contributed by atoms with Gasteiger partial charge < -0.3 is 10.2 Å². The molecule has 0 radical (unpaired) electrons. The zero-order valence-corrected chi connectivity index (χ0v) is 13.6. The number of benzene rings is 2. The van der Waals surface area contributed by atoms with Gasteiger partial charge >= 0.3 is 0 Å². The molecule has 2 amide bonds. The topological polar surface area (TPSA) is 62.3 Å². The lowest BCUT2D eigenvalue weighted by atomic mass is 10.1. The molecule has 1 aliphatic heterocycles. The summed E-state index contributed by atoms with van der Waals surface area (Å²) in [4.78, 5) is 30.7. The summed E-state index contributed by atoms with van der Waals surface area (Å²) < 4.78 is 0. The number of pyridine rings is 1. The molecular formula is C20H17N3O2. The van der Waals surface area contributed by atoms with E-state index in [0.29, 0.717) is 17.7 Å². The van der Waals surface area contributed by atoms with Gasteiger partial charge in [0.05, 0.1) is 11.1 Å². The first kappa shape index (κ1) is 15.3. The summed E-state index contributed by atoms with van der Waals surface area (Å²) in [6.07, 6.45) is 3.09. The van der Waals surface area contributed by atoms with Gasteiger partial charge in [0.1, 0.15) is 0 Å². The maximum absolute atomic E-state index is 12.7. The molecule has 0 saturated carbocycles. The summed E-state index contributed by atoms with van der Waals surface area (Å²) in [6, 6.07) is 16.7. The second-order valence-corrected chi connectivity index (χ2v) is 6.03. The number of para-hydroxylation sites is 1. The number of carbonyl (C=O) groups excluding carboxylic acids is 2. The molecular weight excluding hydrogens is 314 g/mol. The molecule has 1 aliphatic rings. The van der Waals surface area contributed by atoms with E-state index in [1.807, 2.05) is 48.5 Å². The molecule has 124 valence electrons. The third-order valence-electron chi connectivity index (χ3n) is 4.38. The molecule has 0 unspecified atom stereocenters. The number of aromatic nitrogens is 1.